The van der Waals surface area contributed by atoms with Crippen LogP contribution in [0.5, 0.6) is 0 Å². The summed E-state index contributed by atoms with van der Waals surface area (Å²) in [7, 11) is 0. The van der Waals surface area contributed by atoms with Crippen molar-refractivity contribution in [3.63, 3.8) is 0 Å². The van der Waals surface area contributed by atoms with Crippen LogP contribution in [0.4, 0.5) is 0 Å². The highest BCUT2D eigenvalue weighted by Gasteiger charge is 2.12. The Morgan fingerprint density at radius 1 is 1.12 bits per heavy atom. The number of carbonyl (C=O) groups is 1. The topological polar surface area (TPSA) is 61.1 Å². The summed E-state index contributed by atoms with van der Waals surface area (Å²) in [6.45, 7) is 0. The van der Waals surface area contributed by atoms with Crippen LogP contribution < -0.4 is 0 Å². The lowest BCUT2D eigenvalue weighted by atomic mass is 9.98. The predicted molar refractivity (Wildman–Crippen MR) is 63.6 cm³/mol. The van der Waals surface area contributed by atoms with E-state index in [1.54, 1.807) is 12.1 Å². The number of benzene rings is 2. The average Bonchev–Trinajstić information content (AvgIpc) is 2.39. The van der Waals surface area contributed by atoms with Crippen molar-refractivity contribution in [1.29, 1.82) is 5.26 Å². The van der Waals surface area contributed by atoms with Gasteiger partial charge in [-0.2, -0.15) is 5.26 Å². The van der Waals surface area contributed by atoms with Gasteiger partial charge >= 0.3 is 5.97 Å². The fourth-order valence-electron chi connectivity index (χ4n) is 1.66. The highest BCUT2D eigenvalue weighted by molar-refractivity contribution is 5.96. The second-order valence-electron chi connectivity index (χ2n) is 3.54. The fraction of sp³-hybridized carbons (Fsp3) is 0. The van der Waals surface area contributed by atoms with Crippen LogP contribution in [-0.2, 0) is 0 Å². The van der Waals surface area contributed by atoms with Crippen molar-refractivity contribution in [3.8, 4) is 17.2 Å². The number of hydrogen-bond acceptors (Lipinski definition) is 2. The van der Waals surface area contributed by atoms with Gasteiger partial charge in [-0.1, -0.05) is 36.4 Å². The zero-order valence-electron chi connectivity index (χ0n) is 8.92. The summed E-state index contributed by atoms with van der Waals surface area (Å²) in [5.41, 5.74) is 1.95. The molecule has 17 heavy (non-hydrogen) atoms. The smallest absolute Gasteiger partial charge is 0.336 e. The molecule has 2 aromatic carbocycles. The molecule has 0 aromatic heterocycles. The quantitative estimate of drug-likeness (QED) is 0.851. The van der Waals surface area contributed by atoms with Gasteiger partial charge in [0.05, 0.1) is 17.2 Å². The largest absolute Gasteiger partial charge is 0.478 e. The van der Waals surface area contributed by atoms with Crippen molar-refractivity contribution < 1.29 is 9.90 Å². The van der Waals surface area contributed by atoms with E-state index in [2.05, 4.69) is 0 Å². The van der Waals surface area contributed by atoms with Gasteiger partial charge in [-0.25, -0.2) is 4.79 Å². The second-order valence-corrected chi connectivity index (χ2v) is 3.54. The minimum atomic E-state index is -1.03. The first-order valence-corrected chi connectivity index (χ1v) is 5.05. The van der Waals surface area contributed by atoms with E-state index in [9.17, 15) is 4.79 Å². The third kappa shape index (κ3) is 2.16. The summed E-state index contributed by atoms with van der Waals surface area (Å²) in [6.07, 6.45) is 0. The number of nitrogens with zero attached hydrogens (tertiary/aromatic N) is 1. The number of rotatable bonds is 2. The SMILES string of the molecule is N#Cc1ccc(-c2ccccc2)c(C(=O)O)c1. The average molecular weight is 223 g/mol. The molecule has 0 aliphatic heterocycles. The molecule has 0 saturated heterocycles. The summed E-state index contributed by atoms with van der Waals surface area (Å²) >= 11 is 0. The van der Waals surface area contributed by atoms with E-state index in [-0.39, 0.29) is 5.56 Å². The number of aromatic carboxylic acids is 1. The lowest BCUT2D eigenvalue weighted by Gasteiger charge is -2.06. The number of nitriles is 1. The van der Waals surface area contributed by atoms with Crippen molar-refractivity contribution in [3.05, 3.63) is 59.7 Å². The Morgan fingerprint density at radius 3 is 2.41 bits per heavy atom. The van der Waals surface area contributed by atoms with Gasteiger partial charge in [0.25, 0.3) is 0 Å². The van der Waals surface area contributed by atoms with Crippen LogP contribution in [-0.4, -0.2) is 11.1 Å². The number of carboxylic acids is 1. The zero-order valence-corrected chi connectivity index (χ0v) is 8.92. The van der Waals surface area contributed by atoms with Gasteiger partial charge in [-0.3, -0.25) is 0 Å². The molecular formula is C14H9NO2. The minimum Gasteiger partial charge on any atom is -0.478 e. The highest BCUT2D eigenvalue weighted by atomic mass is 16.4. The maximum atomic E-state index is 11.2. The molecule has 0 aliphatic rings. The van der Waals surface area contributed by atoms with Crippen molar-refractivity contribution in [2.45, 2.75) is 0 Å². The van der Waals surface area contributed by atoms with Crippen LogP contribution in [0.3, 0.4) is 0 Å². The third-order valence-corrected chi connectivity index (χ3v) is 2.46. The lowest BCUT2D eigenvalue weighted by molar-refractivity contribution is 0.0697. The molecule has 0 aliphatic carbocycles. The van der Waals surface area contributed by atoms with Gasteiger partial charge in [-0.15, -0.1) is 0 Å². The molecule has 0 unspecified atom stereocenters. The molecule has 0 radical (unpaired) electrons. The molecule has 0 bridgehead atoms. The Morgan fingerprint density at radius 2 is 1.82 bits per heavy atom. The molecule has 0 atom stereocenters. The van der Waals surface area contributed by atoms with E-state index >= 15 is 0 Å². The third-order valence-electron chi connectivity index (χ3n) is 2.46. The maximum absolute atomic E-state index is 11.2. The summed E-state index contributed by atoms with van der Waals surface area (Å²) < 4.78 is 0. The Balaban J connectivity index is 2.63. The van der Waals surface area contributed by atoms with Crippen LogP contribution in [0.2, 0.25) is 0 Å². The Bertz CT molecular complexity index is 597. The molecule has 0 spiro atoms. The second kappa shape index (κ2) is 4.50. The molecule has 0 heterocycles. The maximum Gasteiger partial charge on any atom is 0.336 e. The highest BCUT2D eigenvalue weighted by Crippen LogP contribution is 2.24. The van der Waals surface area contributed by atoms with Crippen molar-refractivity contribution in [2.24, 2.45) is 0 Å². The molecular weight excluding hydrogens is 214 g/mol. The van der Waals surface area contributed by atoms with Crippen molar-refractivity contribution in [2.75, 3.05) is 0 Å². The van der Waals surface area contributed by atoms with Gasteiger partial charge in [0.2, 0.25) is 0 Å². The van der Waals surface area contributed by atoms with Crippen LogP contribution in [0.25, 0.3) is 11.1 Å². The molecule has 82 valence electrons. The molecule has 0 amide bonds. The predicted octanol–water partition coefficient (Wildman–Crippen LogP) is 2.92. The molecule has 3 nitrogen and oxygen atoms in total. The first-order valence-electron chi connectivity index (χ1n) is 5.05. The Labute approximate surface area is 98.6 Å². The molecule has 1 N–H and O–H groups in total. The van der Waals surface area contributed by atoms with Gasteiger partial charge in [0.1, 0.15) is 0 Å². The monoisotopic (exact) mass is 223 g/mol. The van der Waals surface area contributed by atoms with E-state index in [0.29, 0.717) is 11.1 Å². The van der Waals surface area contributed by atoms with Crippen molar-refractivity contribution in [1.82, 2.24) is 0 Å². The molecule has 3 heteroatoms. The Hall–Kier alpha value is -2.60. The summed E-state index contributed by atoms with van der Waals surface area (Å²) in [5, 5.41) is 17.9. The minimum absolute atomic E-state index is 0.148. The Kier molecular flexibility index (Phi) is 2.89. The van der Waals surface area contributed by atoms with E-state index in [0.717, 1.165) is 5.56 Å². The van der Waals surface area contributed by atoms with Crippen LogP contribution in [0.15, 0.2) is 48.5 Å². The molecule has 2 aromatic rings. The van der Waals surface area contributed by atoms with E-state index in [1.807, 2.05) is 36.4 Å². The first-order chi connectivity index (χ1) is 8.22. The molecule has 0 saturated carbocycles. The van der Waals surface area contributed by atoms with Crippen molar-refractivity contribution >= 4 is 5.97 Å². The summed E-state index contributed by atoms with van der Waals surface area (Å²) in [5.74, 6) is -1.03. The normalized spacial score (nSPS) is 9.59. The number of carboxylic acid groups (broad SMARTS) is 1. The fourth-order valence-corrected chi connectivity index (χ4v) is 1.66. The van der Waals surface area contributed by atoms with E-state index < -0.39 is 5.97 Å². The van der Waals surface area contributed by atoms with Gasteiger partial charge in [0.15, 0.2) is 0 Å². The lowest BCUT2D eigenvalue weighted by Crippen LogP contribution is -2.00. The van der Waals surface area contributed by atoms with Crippen LogP contribution in [0, 0.1) is 11.3 Å². The summed E-state index contributed by atoms with van der Waals surface area (Å²) in [4.78, 5) is 11.2. The van der Waals surface area contributed by atoms with Crippen LogP contribution in [0.1, 0.15) is 15.9 Å². The first kappa shape index (κ1) is 10.9. The van der Waals surface area contributed by atoms with E-state index in [4.69, 9.17) is 10.4 Å². The molecule has 0 fully saturated rings. The zero-order chi connectivity index (χ0) is 12.3. The standard InChI is InChI=1S/C14H9NO2/c15-9-10-6-7-12(13(8-10)14(16)17)11-4-2-1-3-5-11/h1-8H,(H,16,17). The number of hydrogen-bond donors (Lipinski definition) is 1. The van der Waals surface area contributed by atoms with Gasteiger partial charge in [-0.05, 0) is 23.3 Å². The van der Waals surface area contributed by atoms with Gasteiger partial charge in [0, 0.05) is 0 Å². The van der Waals surface area contributed by atoms with Gasteiger partial charge < -0.3 is 5.11 Å². The van der Waals surface area contributed by atoms with E-state index in [1.165, 1.54) is 6.07 Å². The summed E-state index contributed by atoms with van der Waals surface area (Å²) in [6, 6.07) is 15.9. The van der Waals surface area contributed by atoms with Crippen LogP contribution >= 0.6 is 0 Å². The molecule has 2 rings (SSSR count).